The Kier molecular flexibility index (Phi) is 2.37. The molecule has 0 saturated heterocycles. The lowest BCUT2D eigenvalue weighted by Gasteiger charge is -2.17. The molecule has 5 nitrogen and oxygen atoms in total. The Bertz CT molecular complexity index is 274. The normalized spacial score (nSPS) is 9.58. The van der Waals surface area contributed by atoms with Gasteiger partial charge in [-0.15, -0.1) is 5.23 Å². The minimum Gasteiger partial charge on any atom is -0.871 e. The minimum absolute atomic E-state index is 0.231. The molecule has 0 bridgehead atoms. The van der Waals surface area contributed by atoms with Gasteiger partial charge in [-0.1, -0.05) is 11.8 Å². The molecule has 0 spiro atoms. The van der Waals surface area contributed by atoms with Crippen LogP contribution in [-0.4, -0.2) is 17.5 Å². The maximum Gasteiger partial charge on any atom is 0.121 e. The summed E-state index contributed by atoms with van der Waals surface area (Å²) in [5.74, 6) is -0.0986. The van der Waals surface area contributed by atoms with Gasteiger partial charge in [0.15, 0.2) is 0 Å². The Morgan fingerprint density at radius 1 is 1.42 bits per heavy atom. The highest BCUT2D eigenvalue weighted by atomic mass is 16.8. The molecule has 0 radical (unpaired) electrons. The van der Waals surface area contributed by atoms with Gasteiger partial charge in [0, 0.05) is 6.07 Å². The zero-order chi connectivity index (χ0) is 9.14. The summed E-state index contributed by atoms with van der Waals surface area (Å²) in [6, 6.07) is 3.85. The van der Waals surface area contributed by atoms with Crippen LogP contribution >= 0.6 is 0 Å². The number of ether oxygens (including phenoxy) is 1. The lowest BCUT2D eigenvalue weighted by atomic mass is 10.3. The van der Waals surface area contributed by atoms with Gasteiger partial charge in [-0.2, -0.15) is 0 Å². The van der Waals surface area contributed by atoms with E-state index >= 15 is 0 Å². The van der Waals surface area contributed by atoms with Crippen LogP contribution in [0.15, 0.2) is 18.2 Å². The molecular weight excluding hydrogens is 162 g/mol. The molecule has 0 fully saturated rings. The molecule has 0 aliphatic carbocycles. The van der Waals surface area contributed by atoms with Gasteiger partial charge in [0.2, 0.25) is 0 Å². The van der Waals surface area contributed by atoms with Crippen LogP contribution in [0.4, 0.5) is 5.69 Å². The van der Waals surface area contributed by atoms with Crippen LogP contribution in [0.1, 0.15) is 0 Å². The predicted molar refractivity (Wildman–Crippen MR) is 38.5 cm³/mol. The van der Waals surface area contributed by atoms with Gasteiger partial charge >= 0.3 is 0 Å². The number of nitrogens with zero attached hydrogens (tertiary/aromatic N) is 1. The first kappa shape index (κ1) is 8.63. The third-order valence-electron chi connectivity index (χ3n) is 1.38. The number of anilines is 1. The van der Waals surface area contributed by atoms with Crippen LogP contribution in [0.25, 0.3) is 0 Å². The summed E-state index contributed by atoms with van der Waals surface area (Å²) in [5, 5.41) is 27.8. The quantitative estimate of drug-likeness (QED) is 0.626. The standard InChI is InChI=1S/C7H9NO4/c1-12-5-2-3-7(9)6(4-5)8(10)11/h2-4,9-11H,1H3/p-1. The fourth-order valence-electron chi connectivity index (χ4n) is 0.780. The molecule has 2 N–H and O–H groups in total. The molecule has 66 valence electrons. The second-order valence-corrected chi connectivity index (χ2v) is 2.12. The van der Waals surface area contributed by atoms with E-state index in [9.17, 15) is 5.11 Å². The van der Waals surface area contributed by atoms with Gasteiger partial charge in [-0.25, -0.2) is 0 Å². The van der Waals surface area contributed by atoms with E-state index in [1.165, 1.54) is 25.3 Å². The number of benzene rings is 1. The Morgan fingerprint density at radius 2 is 2.08 bits per heavy atom. The zero-order valence-electron chi connectivity index (χ0n) is 6.39. The van der Waals surface area contributed by atoms with Crippen LogP contribution < -0.4 is 15.1 Å². The van der Waals surface area contributed by atoms with E-state index in [4.69, 9.17) is 15.2 Å². The summed E-state index contributed by atoms with van der Waals surface area (Å²) in [7, 11) is 1.42. The van der Waals surface area contributed by atoms with E-state index in [-0.39, 0.29) is 10.9 Å². The van der Waals surface area contributed by atoms with Crippen LogP contribution in [0, 0.1) is 0 Å². The fourth-order valence-corrected chi connectivity index (χ4v) is 0.780. The average molecular weight is 170 g/mol. The van der Waals surface area contributed by atoms with Crippen molar-refractivity contribution < 1.29 is 20.3 Å². The molecule has 0 amide bonds. The van der Waals surface area contributed by atoms with Crippen molar-refractivity contribution in [1.82, 2.24) is 0 Å². The molecule has 5 heteroatoms. The summed E-state index contributed by atoms with van der Waals surface area (Å²) < 4.78 is 4.77. The molecule has 0 aliphatic rings. The number of hydrogen-bond acceptors (Lipinski definition) is 5. The van der Waals surface area contributed by atoms with E-state index < -0.39 is 5.75 Å². The molecule has 1 aromatic carbocycles. The van der Waals surface area contributed by atoms with E-state index in [1.54, 1.807) is 0 Å². The highest BCUT2D eigenvalue weighted by Gasteiger charge is 2.01. The Labute approximate surface area is 69.0 Å². The summed E-state index contributed by atoms with van der Waals surface area (Å²) >= 11 is 0. The molecule has 0 aliphatic heterocycles. The van der Waals surface area contributed by atoms with Crippen molar-refractivity contribution in [2.24, 2.45) is 0 Å². The molecular formula is C7H8NO4-. The SMILES string of the molecule is COc1ccc([O-])c(N(O)O)c1. The third-order valence-corrected chi connectivity index (χ3v) is 1.38. The van der Waals surface area contributed by atoms with Crippen LogP contribution in [0.3, 0.4) is 0 Å². The third kappa shape index (κ3) is 1.58. The van der Waals surface area contributed by atoms with Crippen molar-refractivity contribution in [3.05, 3.63) is 18.2 Å². The molecule has 1 rings (SSSR count). The largest absolute Gasteiger partial charge is 0.871 e. The van der Waals surface area contributed by atoms with Crippen molar-refractivity contribution in [2.75, 3.05) is 12.3 Å². The molecule has 0 saturated carbocycles. The van der Waals surface area contributed by atoms with E-state index in [1.807, 2.05) is 0 Å². The van der Waals surface area contributed by atoms with Crippen LogP contribution in [-0.2, 0) is 0 Å². The van der Waals surface area contributed by atoms with Crippen molar-refractivity contribution >= 4 is 5.69 Å². The highest BCUT2D eigenvalue weighted by Crippen LogP contribution is 2.27. The second kappa shape index (κ2) is 3.29. The fraction of sp³-hybridized carbons (Fsp3) is 0.143. The monoisotopic (exact) mass is 170 g/mol. The van der Waals surface area contributed by atoms with Gasteiger partial charge in [-0.05, 0) is 6.07 Å². The molecule has 0 heterocycles. The molecule has 12 heavy (non-hydrogen) atoms. The first-order valence-electron chi connectivity index (χ1n) is 3.18. The Balaban J connectivity index is 3.08. The zero-order valence-corrected chi connectivity index (χ0v) is 6.39. The smallest absolute Gasteiger partial charge is 0.121 e. The van der Waals surface area contributed by atoms with Gasteiger partial charge in [0.1, 0.15) is 5.75 Å². The maximum atomic E-state index is 10.9. The summed E-state index contributed by atoms with van der Waals surface area (Å²) in [4.78, 5) is 0. The van der Waals surface area contributed by atoms with Gasteiger partial charge < -0.3 is 9.84 Å². The van der Waals surface area contributed by atoms with Gasteiger partial charge in [0.25, 0.3) is 0 Å². The molecule has 0 unspecified atom stereocenters. The molecule has 0 atom stereocenters. The van der Waals surface area contributed by atoms with E-state index in [2.05, 4.69) is 0 Å². The second-order valence-electron chi connectivity index (χ2n) is 2.12. The van der Waals surface area contributed by atoms with Crippen LogP contribution in [0.2, 0.25) is 0 Å². The Hall–Kier alpha value is -1.46. The van der Waals surface area contributed by atoms with Gasteiger partial charge in [-0.3, -0.25) is 10.4 Å². The molecule has 1 aromatic rings. The number of hydrogen-bond donors (Lipinski definition) is 2. The van der Waals surface area contributed by atoms with Crippen molar-refractivity contribution in [3.63, 3.8) is 0 Å². The van der Waals surface area contributed by atoms with E-state index in [0.717, 1.165) is 0 Å². The lowest BCUT2D eigenvalue weighted by molar-refractivity contribution is -0.268. The van der Waals surface area contributed by atoms with E-state index in [0.29, 0.717) is 5.75 Å². The summed E-state index contributed by atoms with van der Waals surface area (Å²) in [6.45, 7) is 0. The first-order chi connectivity index (χ1) is 5.65. The predicted octanol–water partition coefficient (Wildman–Crippen LogP) is 0.354. The molecule has 0 aromatic heterocycles. The minimum atomic E-state index is -0.485. The first-order valence-corrected chi connectivity index (χ1v) is 3.18. The van der Waals surface area contributed by atoms with Crippen LogP contribution in [0.5, 0.6) is 11.5 Å². The van der Waals surface area contributed by atoms with Gasteiger partial charge in [0.05, 0.1) is 12.8 Å². The van der Waals surface area contributed by atoms with Crippen molar-refractivity contribution in [1.29, 1.82) is 0 Å². The number of rotatable bonds is 2. The topological polar surface area (TPSA) is 76.0 Å². The average Bonchev–Trinajstić information content (AvgIpc) is 2.05. The lowest BCUT2D eigenvalue weighted by Crippen LogP contribution is -2.13. The Morgan fingerprint density at radius 3 is 2.58 bits per heavy atom. The maximum absolute atomic E-state index is 10.9. The highest BCUT2D eigenvalue weighted by molar-refractivity contribution is 5.56. The summed E-state index contributed by atoms with van der Waals surface area (Å²) in [5.41, 5.74) is -0.241. The number of methoxy groups -OCH3 is 1. The summed E-state index contributed by atoms with van der Waals surface area (Å²) in [6.07, 6.45) is 0. The van der Waals surface area contributed by atoms with Crippen molar-refractivity contribution in [2.45, 2.75) is 0 Å². The van der Waals surface area contributed by atoms with Crippen molar-refractivity contribution in [3.8, 4) is 11.5 Å².